The molecule has 0 amide bonds. The monoisotopic (exact) mass is 366 g/mol. The first-order valence-corrected chi connectivity index (χ1v) is 8.35. The SMILES string of the molecule is CC(N(C)S(=O)(=O)c1cc(N)c(F)cc1Br)C(C)(C)C. The Labute approximate surface area is 128 Å². The molecule has 1 rings (SSSR count). The number of hydrogen-bond acceptors (Lipinski definition) is 3. The molecular formula is C13H20BrFN2O2S. The van der Waals surface area contributed by atoms with Gasteiger partial charge in [0, 0.05) is 17.6 Å². The van der Waals surface area contributed by atoms with Crippen LogP contribution in [0.5, 0.6) is 0 Å². The topological polar surface area (TPSA) is 63.4 Å². The van der Waals surface area contributed by atoms with E-state index in [0.717, 1.165) is 12.1 Å². The van der Waals surface area contributed by atoms with Crippen molar-refractivity contribution in [3.63, 3.8) is 0 Å². The Morgan fingerprint density at radius 3 is 2.30 bits per heavy atom. The van der Waals surface area contributed by atoms with E-state index in [1.165, 1.54) is 11.4 Å². The van der Waals surface area contributed by atoms with Gasteiger partial charge in [-0.05, 0) is 40.4 Å². The highest BCUT2D eigenvalue weighted by molar-refractivity contribution is 9.10. The summed E-state index contributed by atoms with van der Waals surface area (Å²) >= 11 is 3.08. The molecule has 0 radical (unpaired) electrons. The third kappa shape index (κ3) is 3.32. The van der Waals surface area contributed by atoms with Crippen LogP contribution in [-0.2, 0) is 10.0 Å². The lowest BCUT2D eigenvalue weighted by Gasteiger charge is -2.34. The minimum absolute atomic E-state index is 0.0324. The van der Waals surface area contributed by atoms with Crippen LogP contribution < -0.4 is 5.73 Å². The van der Waals surface area contributed by atoms with Crippen molar-refractivity contribution in [3.05, 3.63) is 22.4 Å². The molecule has 0 fully saturated rings. The van der Waals surface area contributed by atoms with E-state index in [1.54, 1.807) is 0 Å². The van der Waals surface area contributed by atoms with Gasteiger partial charge in [-0.3, -0.25) is 0 Å². The summed E-state index contributed by atoms with van der Waals surface area (Å²) in [4.78, 5) is -0.0324. The molecular weight excluding hydrogens is 347 g/mol. The molecule has 0 aliphatic rings. The summed E-state index contributed by atoms with van der Waals surface area (Å²) in [6.07, 6.45) is 0. The van der Waals surface area contributed by atoms with E-state index in [9.17, 15) is 12.8 Å². The second kappa shape index (κ2) is 5.61. The van der Waals surface area contributed by atoms with Crippen LogP contribution in [-0.4, -0.2) is 25.8 Å². The number of benzene rings is 1. The van der Waals surface area contributed by atoms with Crippen molar-refractivity contribution in [2.45, 2.75) is 38.6 Å². The standard InChI is InChI=1S/C13H20BrFN2O2S/c1-8(13(2,3)4)17(5)20(18,19)12-7-11(16)10(15)6-9(12)14/h6-8H,16H2,1-5H3. The average Bonchev–Trinajstić information content (AvgIpc) is 2.30. The first kappa shape index (κ1) is 17.4. The number of sulfonamides is 1. The maximum atomic E-state index is 13.3. The summed E-state index contributed by atoms with van der Waals surface area (Å²) < 4.78 is 40.0. The normalized spacial score (nSPS) is 14.6. The largest absolute Gasteiger partial charge is 0.396 e. The second-order valence-corrected chi connectivity index (χ2v) is 8.69. The van der Waals surface area contributed by atoms with Crippen molar-refractivity contribution in [1.82, 2.24) is 4.31 Å². The van der Waals surface area contributed by atoms with Crippen molar-refractivity contribution >= 4 is 31.6 Å². The molecule has 114 valence electrons. The Morgan fingerprint density at radius 2 is 1.85 bits per heavy atom. The number of nitrogens with zero attached hydrogens (tertiary/aromatic N) is 1. The summed E-state index contributed by atoms with van der Waals surface area (Å²) in [5.74, 6) is -0.651. The fourth-order valence-electron chi connectivity index (χ4n) is 1.65. The molecule has 0 heterocycles. The van der Waals surface area contributed by atoms with Crippen LogP contribution in [0.15, 0.2) is 21.5 Å². The number of hydrogen-bond donors (Lipinski definition) is 1. The lowest BCUT2D eigenvalue weighted by atomic mass is 9.88. The minimum Gasteiger partial charge on any atom is -0.396 e. The zero-order valence-electron chi connectivity index (χ0n) is 12.2. The van der Waals surface area contributed by atoms with Crippen LogP contribution in [0.2, 0.25) is 0 Å². The Hall–Kier alpha value is -0.660. The van der Waals surface area contributed by atoms with Gasteiger partial charge in [0.1, 0.15) is 5.82 Å². The zero-order chi connectivity index (χ0) is 15.9. The van der Waals surface area contributed by atoms with Gasteiger partial charge in [0.05, 0.1) is 10.6 Å². The highest BCUT2D eigenvalue weighted by Crippen LogP contribution is 2.32. The van der Waals surface area contributed by atoms with Gasteiger partial charge < -0.3 is 5.73 Å². The van der Waals surface area contributed by atoms with Crippen LogP contribution in [0.1, 0.15) is 27.7 Å². The average molecular weight is 367 g/mol. The highest BCUT2D eigenvalue weighted by Gasteiger charge is 2.33. The van der Waals surface area contributed by atoms with Crippen LogP contribution >= 0.6 is 15.9 Å². The molecule has 0 aliphatic heterocycles. The molecule has 20 heavy (non-hydrogen) atoms. The van der Waals surface area contributed by atoms with Gasteiger partial charge in [-0.2, -0.15) is 4.31 Å². The van der Waals surface area contributed by atoms with E-state index in [2.05, 4.69) is 15.9 Å². The Bertz CT molecular complexity index is 612. The third-order valence-electron chi connectivity index (χ3n) is 3.51. The summed E-state index contributed by atoms with van der Waals surface area (Å²) in [6.45, 7) is 7.70. The summed E-state index contributed by atoms with van der Waals surface area (Å²) in [5.41, 5.74) is 5.06. The quantitative estimate of drug-likeness (QED) is 0.835. The molecule has 2 N–H and O–H groups in total. The zero-order valence-corrected chi connectivity index (χ0v) is 14.6. The molecule has 7 heteroatoms. The number of halogens is 2. The van der Waals surface area contributed by atoms with Crippen LogP contribution in [0.25, 0.3) is 0 Å². The molecule has 0 spiro atoms. The molecule has 0 saturated carbocycles. The van der Waals surface area contributed by atoms with Crippen molar-refractivity contribution < 1.29 is 12.8 Å². The minimum atomic E-state index is -3.75. The molecule has 4 nitrogen and oxygen atoms in total. The lowest BCUT2D eigenvalue weighted by molar-refractivity contribution is 0.216. The Morgan fingerprint density at radius 1 is 1.35 bits per heavy atom. The number of nitrogens with two attached hydrogens (primary N) is 1. The predicted octanol–water partition coefficient (Wildman–Crippen LogP) is 3.23. The van der Waals surface area contributed by atoms with Gasteiger partial charge in [-0.1, -0.05) is 20.8 Å². The van der Waals surface area contributed by atoms with Crippen molar-refractivity contribution in [2.75, 3.05) is 12.8 Å². The number of rotatable bonds is 3. The van der Waals surface area contributed by atoms with E-state index in [1.807, 2.05) is 27.7 Å². The van der Waals surface area contributed by atoms with Crippen molar-refractivity contribution in [3.8, 4) is 0 Å². The van der Waals surface area contributed by atoms with Crippen LogP contribution in [0.3, 0.4) is 0 Å². The van der Waals surface area contributed by atoms with E-state index >= 15 is 0 Å². The van der Waals surface area contributed by atoms with E-state index in [-0.39, 0.29) is 26.5 Å². The first-order valence-electron chi connectivity index (χ1n) is 6.11. The molecule has 0 bridgehead atoms. The molecule has 1 atom stereocenters. The molecule has 1 aromatic rings. The molecule has 1 aromatic carbocycles. The van der Waals surface area contributed by atoms with E-state index in [0.29, 0.717) is 0 Å². The van der Waals surface area contributed by atoms with Crippen LogP contribution in [0.4, 0.5) is 10.1 Å². The molecule has 0 aromatic heterocycles. The van der Waals surface area contributed by atoms with Gasteiger partial charge in [-0.15, -0.1) is 0 Å². The van der Waals surface area contributed by atoms with Crippen LogP contribution in [0, 0.1) is 11.2 Å². The maximum Gasteiger partial charge on any atom is 0.244 e. The maximum absolute atomic E-state index is 13.3. The number of anilines is 1. The Kier molecular flexibility index (Phi) is 4.88. The number of nitrogen functional groups attached to an aromatic ring is 1. The molecule has 1 unspecified atom stereocenters. The van der Waals surface area contributed by atoms with Gasteiger partial charge >= 0.3 is 0 Å². The van der Waals surface area contributed by atoms with Gasteiger partial charge in [0.15, 0.2) is 0 Å². The van der Waals surface area contributed by atoms with Gasteiger partial charge in [0.2, 0.25) is 10.0 Å². The summed E-state index contributed by atoms with van der Waals surface area (Å²) in [6, 6.07) is 1.98. The molecule has 0 saturated heterocycles. The predicted molar refractivity (Wildman–Crippen MR) is 82.4 cm³/mol. The summed E-state index contributed by atoms with van der Waals surface area (Å²) in [7, 11) is -2.24. The van der Waals surface area contributed by atoms with Crippen molar-refractivity contribution in [1.29, 1.82) is 0 Å². The van der Waals surface area contributed by atoms with Gasteiger partial charge in [-0.25, -0.2) is 12.8 Å². The second-order valence-electron chi connectivity index (χ2n) is 5.87. The smallest absolute Gasteiger partial charge is 0.244 e. The van der Waals surface area contributed by atoms with Crippen molar-refractivity contribution in [2.24, 2.45) is 5.41 Å². The third-order valence-corrected chi connectivity index (χ3v) is 6.39. The first-order chi connectivity index (χ1) is 8.89. The van der Waals surface area contributed by atoms with E-state index < -0.39 is 15.8 Å². The molecule has 0 aliphatic carbocycles. The summed E-state index contributed by atoms with van der Waals surface area (Å²) in [5, 5.41) is 0. The van der Waals surface area contributed by atoms with E-state index in [4.69, 9.17) is 5.73 Å². The fraction of sp³-hybridized carbons (Fsp3) is 0.538. The fourth-order valence-corrected chi connectivity index (χ4v) is 4.20. The lowest BCUT2D eigenvalue weighted by Crippen LogP contribution is -2.43. The van der Waals surface area contributed by atoms with Gasteiger partial charge in [0.25, 0.3) is 0 Å². The highest BCUT2D eigenvalue weighted by atomic mass is 79.9. The Balaban J connectivity index is 3.34.